The monoisotopic (exact) mass is 399 g/mol. The van der Waals surface area contributed by atoms with E-state index in [-0.39, 0.29) is 17.7 Å². The minimum absolute atomic E-state index is 0.0616. The van der Waals surface area contributed by atoms with E-state index in [4.69, 9.17) is 0 Å². The summed E-state index contributed by atoms with van der Waals surface area (Å²) in [4.78, 5) is 31.9. The number of nitrogens with zero attached hydrogens (tertiary/aromatic N) is 3. The highest BCUT2D eigenvalue weighted by Gasteiger charge is 2.30. The van der Waals surface area contributed by atoms with Crippen LogP contribution in [-0.4, -0.2) is 72.8 Å². The topological polar surface area (TPSA) is 43.9 Å². The Morgan fingerprint density at radius 2 is 1.69 bits per heavy atom. The molecular formula is C24H37N3O2. The Labute approximate surface area is 176 Å². The molecule has 2 fully saturated rings. The van der Waals surface area contributed by atoms with Crippen molar-refractivity contribution >= 4 is 11.8 Å². The zero-order valence-electron chi connectivity index (χ0n) is 18.2. The molecule has 0 aromatic heterocycles. The summed E-state index contributed by atoms with van der Waals surface area (Å²) < 4.78 is 0. The Balaban J connectivity index is 1.46. The molecule has 160 valence electrons. The van der Waals surface area contributed by atoms with E-state index in [1.165, 1.54) is 32.1 Å². The number of hydrogen-bond donors (Lipinski definition) is 0. The van der Waals surface area contributed by atoms with Crippen molar-refractivity contribution in [2.24, 2.45) is 5.92 Å². The third-order valence-electron chi connectivity index (χ3n) is 6.68. The lowest BCUT2D eigenvalue weighted by atomic mass is 9.94. The highest BCUT2D eigenvalue weighted by Crippen LogP contribution is 2.22. The first kappa shape index (κ1) is 21.8. The van der Waals surface area contributed by atoms with E-state index in [2.05, 4.69) is 11.9 Å². The summed E-state index contributed by atoms with van der Waals surface area (Å²) >= 11 is 0. The van der Waals surface area contributed by atoms with Crippen LogP contribution >= 0.6 is 0 Å². The Morgan fingerprint density at radius 1 is 0.966 bits per heavy atom. The molecular weight excluding hydrogens is 362 g/mol. The van der Waals surface area contributed by atoms with Crippen LogP contribution < -0.4 is 0 Å². The van der Waals surface area contributed by atoms with Gasteiger partial charge in [-0.05, 0) is 38.3 Å². The molecule has 1 aliphatic heterocycles. The number of amides is 2. The van der Waals surface area contributed by atoms with Crippen LogP contribution in [0.25, 0.3) is 0 Å². The molecule has 1 aromatic rings. The van der Waals surface area contributed by atoms with Crippen molar-refractivity contribution in [3.63, 3.8) is 0 Å². The van der Waals surface area contributed by atoms with Crippen molar-refractivity contribution in [1.82, 2.24) is 14.7 Å². The fourth-order valence-electron chi connectivity index (χ4n) is 4.72. The van der Waals surface area contributed by atoms with Crippen LogP contribution in [0, 0.1) is 5.92 Å². The van der Waals surface area contributed by atoms with Gasteiger partial charge in [0, 0.05) is 39.3 Å². The average Bonchev–Trinajstić information content (AvgIpc) is 2.78. The van der Waals surface area contributed by atoms with E-state index in [1.807, 2.05) is 47.2 Å². The summed E-state index contributed by atoms with van der Waals surface area (Å²) in [6, 6.07) is 10.5. The number of hydrogen-bond acceptors (Lipinski definition) is 3. The minimum atomic E-state index is -0.0616. The Morgan fingerprint density at radius 3 is 2.41 bits per heavy atom. The second-order valence-corrected chi connectivity index (χ2v) is 8.87. The predicted molar refractivity (Wildman–Crippen MR) is 117 cm³/mol. The van der Waals surface area contributed by atoms with Crippen LogP contribution in [0.3, 0.4) is 0 Å². The lowest BCUT2D eigenvalue weighted by molar-refractivity contribution is -0.139. The standard InChI is InChI=1S/C24H37N3O2/c1-25(22-13-7-4-8-14-22)16-17-26(2)24(29)21-12-9-15-27(19-21)23(28)18-20-10-5-3-6-11-20/h3,5-6,10-11,21-22H,4,7-9,12-19H2,1-2H3. The van der Waals surface area contributed by atoms with Gasteiger partial charge in [-0.3, -0.25) is 9.59 Å². The van der Waals surface area contributed by atoms with Crippen LogP contribution in [0.4, 0.5) is 0 Å². The molecule has 1 heterocycles. The molecule has 1 aromatic carbocycles. The Bertz CT molecular complexity index is 657. The number of likely N-dealkylation sites (tertiary alicyclic amines) is 1. The summed E-state index contributed by atoms with van der Waals surface area (Å²) in [5.41, 5.74) is 1.04. The van der Waals surface area contributed by atoms with Crippen molar-refractivity contribution in [3.05, 3.63) is 35.9 Å². The molecule has 0 bridgehead atoms. The van der Waals surface area contributed by atoms with Gasteiger partial charge in [0.25, 0.3) is 0 Å². The normalized spacial score (nSPS) is 20.7. The van der Waals surface area contributed by atoms with Crippen LogP contribution in [0.2, 0.25) is 0 Å². The maximum absolute atomic E-state index is 13.0. The largest absolute Gasteiger partial charge is 0.344 e. The first-order chi connectivity index (χ1) is 14.0. The second kappa shape index (κ2) is 10.8. The smallest absolute Gasteiger partial charge is 0.227 e. The van der Waals surface area contributed by atoms with E-state index < -0.39 is 0 Å². The average molecular weight is 400 g/mol. The molecule has 0 radical (unpaired) electrons. The SMILES string of the molecule is CN(CCN(C)C1CCCCC1)C(=O)C1CCCN(C(=O)Cc2ccccc2)C1. The van der Waals surface area contributed by atoms with Crippen molar-refractivity contribution in [2.45, 2.75) is 57.4 Å². The third-order valence-corrected chi connectivity index (χ3v) is 6.68. The first-order valence-corrected chi connectivity index (χ1v) is 11.3. The van der Waals surface area contributed by atoms with Crippen molar-refractivity contribution in [3.8, 4) is 0 Å². The van der Waals surface area contributed by atoms with Crippen molar-refractivity contribution in [1.29, 1.82) is 0 Å². The van der Waals surface area contributed by atoms with Crippen LogP contribution in [-0.2, 0) is 16.0 Å². The minimum Gasteiger partial charge on any atom is -0.344 e. The van der Waals surface area contributed by atoms with Crippen molar-refractivity contribution in [2.75, 3.05) is 40.3 Å². The molecule has 3 rings (SSSR count). The quantitative estimate of drug-likeness (QED) is 0.707. The molecule has 1 unspecified atom stereocenters. The summed E-state index contributed by atoms with van der Waals surface area (Å²) in [5, 5.41) is 0. The van der Waals surface area contributed by atoms with Gasteiger partial charge >= 0.3 is 0 Å². The summed E-state index contributed by atoms with van der Waals surface area (Å²) in [7, 11) is 4.11. The van der Waals surface area contributed by atoms with E-state index in [0.717, 1.165) is 38.0 Å². The number of likely N-dealkylation sites (N-methyl/N-ethyl adjacent to an activating group) is 2. The van der Waals surface area contributed by atoms with Gasteiger partial charge in [0.1, 0.15) is 0 Å². The van der Waals surface area contributed by atoms with Gasteiger partial charge < -0.3 is 14.7 Å². The van der Waals surface area contributed by atoms with Gasteiger partial charge in [-0.2, -0.15) is 0 Å². The fourth-order valence-corrected chi connectivity index (χ4v) is 4.72. The molecule has 29 heavy (non-hydrogen) atoms. The van der Waals surface area contributed by atoms with E-state index in [1.54, 1.807) is 0 Å². The highest BCUT2D eigenvalue weighted by molar-refractivity contribution is 5.82. The molecule has 2 aliphatic rings. The summed E-state index contributed by atoms with van der Waals surface area (Å²) in [5.74, 6) is 0.265. The van der Waals surface area contributed by atoms with Gasteiger partial charge in [0.15, 0.2) is 0 Å². The molecule has 2 amide bonds. The zero-order valence-corrected chi connectivity index (χ0v) is 18.2. The molecule has 1 atom stereocenters. The van der Waals surface area contributed by atoms with Gasteiger partial charge in [-0.1, -0.05) is 49.6 Å². The molecule has 0 N–H and O–H groups in total. The van der Waals surface area contributed by atoms with Gasteiger partial charge in [0.05, 0.1) is 12.3 Å². The lowest BCUT2D eigenvalue weighted by Crippen LogP contribution is -2.47. The number of carbonyl (C=O) groups is 2. The predicted octanol–water partition coefficient (Wildman–Crippen LogP) is 3.19. The molecule has 5 nitrogen and oxygen atoms in total. The zero-order chi connectivity index (χ0) is 20.6. The van der Waals surface area contributed by atoms with Gasteiger partial charge in [0.2, 0.25) is 11.8 Å². The molecule has 0 spiro atoms. The first-order valence-electron chi connectivity index (χ1n) is 11.3. The maximum Gasteiger partial charge on any atom is 0.227 e. The van der Waals surface area contributed by atoms with Gasteiger partial charge in [-0.25, -0.2) is 0 Å². The van der Waals surface area contributed by atoms with E-state index in [9.17, 15) is 9.59 Å². The fraction of sp³-hybridized carbons (Fsp3) is 0.667. The Hall–Kier alpha value is -1.88. The van der Waals surface area contributed by atoms with E-state index in [0.29, 0.717) is 19.0 Å². The maximum atomic E-state index is 13.0. The Kier molecular flexibility index (Phi) is 8.10. The lowest BCUT2D eigenvalue weighted by Gasteiger charge is -2.35. The second-order valence-electron chi connectivity index (χ2n) is 8.87. The number of benzene rings is 1. The molecule has 1 saturated heterocycles. The molecule has 5 heteroatoms. The van der Waals surface area contributed by atoms with Crippen LogP contribution in [0.1, 0.15) is 50.5 Å². The third kappa shape index (κ3) is 6.30. The number of rotatable bonds is 7. The van der Waals surface area contributed by atoms with E-state index >= 15 is 0 Å². The van der Waals surface area contributed by atoms with Crippen LogP contribution in [0.5, 0.6) is 0 Å². The summed E-state index contributed by atoms with van der Waals surface area (Å²) in [6.07, 6.45) is 8.82. The van der Waals surface area contributed by atoms with Crippen LogP contribution in [0.15, 0.2) is 30.3 Å². The number of piperidine rings is 1. The summed E-state index contributed by atoms with van der Waals surface area (Å²) in [6.45, 7) is 3.02. The van der Waals surface area contributed by atoms with Gasteiger partial charge in [-0.15, -0.1) is 0 Å². The molecule has 1 saturated carbocycles. The molecule has 1 aliphatic carbocycles. The number of carbonyl (C=O) groups excluding carboxylic acids is 2. The van der Waals surface area contributed by atoms with Crippen molar-refractivity contribution < 1.29 is 9.59 Å². The highest BCUT2D eigenvalue weighted by atomic mass is 16.2.